The van der Waals surface area contributed by atoms with Crippen LogP contribution in [0.15, 0.2) is 41.6 Å². The topological polar surface area (TPSA) is 47.4 Å². The van der Waals surface area contributed by atoms with Crippen LogP contribution >= 0.6 is 11.8 Å². The Balaban J connectivity index is 1.45. The van der Waals surface area contributed by atoms with Gasteiger partial charge in [-0.25, -0.2) is 0 Å². The van der Waals surface area contributed by atoms with Crippen LogP contribution in [0.25, 0.3) is 0 Å². The molecule has 0 bridgehead atoms. The maximum Gasteiger partial charge on any atom is 0.264 e. The van der Waals surface area contributed by atoms with Gasteiger partial charge in [0.25, 0.3) is 5.91 Å². The van der Waals surface area contributed by atoms with Crippen molar-refractivity contribution in [3.8, 4) is 5.75 Å². The smallest absolute Gasteiger partial charge is 0.264 e. The van der Waals surface area contributed by atoms with Crippen molar-refractivity contribution in [3.63, 3.8) is 0 Å². The summed E-state index contributed by atoms with van der Waals surface area (Å²) in [4.78, 5) is 16.0. The van der Waals surface area contributed by atoms with Crippen LogP contribution in [0.1, 0.15) is 24.4 Å². The van der Waals surface area contributed by atoms with Crippen molar-refractivity contribution in [2.24, 2.45) is 0 Å². The molecule has 2 aliphatic rings. The lowest BCUT2D eigenvalue weighted by atomic mass is 10.1. The molecule has 0 aliphatic carbocycles. The summed E-state index contributed by atoms with van der Waals surface area (Å²) in [6.07, 6.45) is 5.61. The zero-order chi connectivity index (χ0) is 16.5. The van der Waals surface area contributed by atoms with Crippen LogP contribution in [0.4, 0.5) is 0 Å². The summed E-state index contributed by atoms with van der Waals surface area (Å²) in [5, 5.41) is 4.42. The Morgan fingerprint density at radius 1 is 1.38 bits per heavy atom. The molecule has 0 radical (unpaired) electrons. The van der Waals surface area contributed by atoms with Crippen molar-refractivity contribution >= 4 is 17.7 Å². The molecule has 24 heavy (non-hydrogen) atoms. The van der Waals surface area contributed by atoms with E-state index in [1.54, 1.807) is 11.8 Å². The molecule has 0 spiro atoms. The van der Waals surface area contributed by atoms with Gasteiger partial charge in [-0.2, -0.15) is 5.10 Å². The van der Waals surface area contributed by atoms with Crippen molar-refractivity contribution in [1.82, 2.24) is 14.7 Å². The fourth-order valence-electron chi connectivity index (χ4n) is 3.35. The third-order valence-electron chi connectivity index (χ3n) is 4.60. The lowest BCUT2D eigenvalue weighted by molar-refractivity contribution is -0.139. The van der Waals surface area contributed by atoms with E-state index in [0.717, 1.165) is 35.6 Å². The summed E-state index contributed by atoms with van der Waals surface area (Å²) >= 11 is 1.70. The number of rotatable bonds is 2. The maximum atomic E-state index is 12.9. The minimum absolute atomic E-state index is 0.102. The highest BCUT2D eigenvalue weighted by Crippen LogP contribution is 2.35. The average Bonchev–Trinajstić information content (AvgIpc) is 3.07. The van der Waals surface area contributed by atoms with Crippen molar-refractivity contribution in [2.75, 3.05) is 18.8 Å². The molecule has 5 nitrogen and oxygen atoms in total. The number of para-hydroxylation sites is 1. The number of fused-ring (bicyclic) bond motifs is 1. The Labute approximate surface area is 146 Å². The average molecular weight is 343 g/mol. The van der Waals surface area contributed by atoms with Crippen LogP contribution < -0.4 is 4.74 Å². The van der Waals surface area contributed by atoms with E-state index in [1.807, 2.05) is 47.0 Å². The summed E-state index contributed by atoms with van der Waals surface area (Å²) in [6, 6.07) is 8.19. The Morgan fingerprint density at radius 3 is 3.08 bits per heavy atom. The molecular formula is C18H21N3O2S. The number of likely N-dealkylation sites (tertiary alicyclic amines) is 1. The van der Waals surface area contributed by atoms with Gasteiger partial charge in [0, 0.05) is 29.9 Å². The van der Waals surface area contributed by atoms with Crippen molar-refractivity contribution in [1.29, 1.82) is 0 Å². The van der Waals surface area contributed by atoms with E-state index in [2.05, 4.69) is 11.3 Å². The van der Waals surface area contributed by atoms with E-state index in [9.17, 15) is 4.79 Å². The number of benzene rings is 1. The highest BCUT2D eigenvalue weighted by atomic mass is 32.2. The van der Waals surface area contributed by atoms with E-state index >= 15 is 0 Å². The van der Waals surface area contributed by atoms with E-state index in [4.69, 9.17) is 4.74 Å². The first-order valence-electron chi connectivity index (χ1n) is 8.39. The van der Waals surface area contributed by atoms with Crippen LogP contribution in [0.5, 0.6) is 5.75 Å². The van der Waals surface area contributed by atoms with Gasteiger partial charge in [-0.3, -0.25) is 9.48 Å². The summed E-state index contributed by atoms with van der Waals surface area (Å²) in [6.45, 7) is 3.56. The number of aryl methyl sites for hydroxylation is 1. The van der Waals surface area contributed by atoms with Crippen molar-refractivity contribution < 1.29 is 9.53 Å². The summed E-state index contributed by atoms with van der Waals surface area (Å²) < 4.78 is 7.96. The molecule has 1 aromatic heterocycles. The Kier molecular flexibility index (Phi) is 4.22. The van der Waals surface area contributed by atoms with Gasteiger partial charge in [0.2, 0.25) is 0 Å². The summed E-state index contributed by atoms with van der Waals surface area (Å²) in [5.41, 5.74) is 1.15. The fraction of sp³-hybridized carbons (Fsp3) is 0.444. The van der Waals surface area contributed by atoms with Gasteiger partial charge >= 0.3 is 0 Å². The monoisotopic (exact) mass is 343 g/mol. The van der Waals surface area contributed by atoms with Gasteiger partial charge in [0.1, 0.15) is 5.75 Å². The second-order valence-electron chi connectivity index (χ2n) is 6.44. The van der Waals surface area contributed by atoms with Gasteiger partial charge in [0.05, 0.1) is 12.2 Å². The number of hydrogen-bond acceptors (Lipinski definition) is 4. The SMILES string of the molecule is Cc1cnn([C@@H]2CCCN(C(=O)[C@H]3CSc4ccccc4O3)C2)c1. The number of carbonyl (C=O) groups excluding carboxylic acids is 1. The van der Waals surface area contributed by atoms with Gasteiger partial charge in [0.15, 0.2) is 6.10 Å². The first-order chi connectivity index (χ1) is 11.7. The van der Waals surface area contributed by atoms with E-state index in [0.29, 0.717) is 12.3 Å². The number of carbonyl (C=O) groups is 1. The third kappa shape index (κ3) is 3.02. The summed E-state index contributed by atoms with van der Waals surface area (Å²) in [7, 11) is 0. The molecule has 2 atom stereocenters. The van der Waals surface area contributed by atoms with Crippen molar-refractivity contribution in [3.05, 3.63) is 42.2 Å². The van der Waals surface area contributed by atoms with Crippen LogP contribution in [0.3, 0.4) is 0 Å². The number of nitrogens with zero attached hydrogens (tertiary/aromatic N) is 3. The van der Waals surface area contributed by atoms with Gasteiger partial charge in [-0.1, -0.05) is 12.1 Å². The second-order valence-corrected chi connectivity index (χ2v) is 7.50. The van der Waals surface area contributed by atoms with Crippen LogP contribution in [0.2, 0.25) is 0 Å². The molecule has 1 amide bonds. The predicted octanol–water partition coefficient (Wildman–Crippen LogP) is 2.91. The normalized spacial score (nSPS) is 23.5. The molecule has 2 aliphatic heterocycles. The van der Waals surface area contributed by atoms with Gasteiger partial charge < -0.3 is 9.64 Å². The molecule has 4 rings (SSSR count). The number of hydrogen-bond donors (Lipinski definition) is 0. The van der Waals surface area contributed by atoms with Crippen molar-refractivity contribution in [2.45, 2.75) is 36.8 Å². The second kappa shape index (κ2) is 6.51. The highest BCUT2D eigenvalue weighted by Gasteiger charge is 2.33. The zero-order valence-corrected chi connectivity index (χ0v) is 14.5. The Bertz CT molecular complexity index is 745. The maximum absolute atomic E-state index is 12.9. The Morgan fingerprint density at radius 2 is 2.25 bits per heavy atom. The first-order valence-corrected chi connectivity index (χ1v) is 9.37. The van der Waals surface area contributed by atoms with E-state index < -0.39 is 0 Å². The lowest BCUT2D eigenvalue weighted by Gasteiger charge is -2.36. The lowest BCUT2D eigenvalue weighted by Crippen LogP contribution is -2.48. The first kappa shape index (κ1) is 15.6. The van der Waals surface area contributed by atoms with Crippen LogP contribution in [0, 0.1) is 6.92 Å². The molecule has 6 heteroatoms. The zero-order valence-electron chi connectivity index (χ0n) is 13.7. The molecule has 1 fully saturated rings. The molecule has 1 aromatic carbocycles. The molecule has 126 valence electrons. The predicted molar refractivity (Wildman–Crippen MR) is 93.4 cm³/mol. The van der Waals surface area contributed by atoms with E-state index in [1.165, 1.54) is 0 Å². The third-order valence-corrected chi connectivity index (χ3v) is 5.71. The molecule has 2 aromatic rings. The molecule has 0 N–H and O–H groups in total. The van der Waals surface area contributed by atoms with Crippen LogP contribution in [-0.2, 0) is 4.79 Å². The molecule has 1 saturated heterocycles. The van der Waals surface area contributed by atoms with Gasteiger partial charge in [-0.15, -0.1) is 11.8 Å². The number of aromatic nitrogens is 2. The molecular weight excluding hydrogens is 322 g/mol. The largest absolute Gasteiger partial charge is 0.479 e. The molecule has 0 unspecified atom stereocenters. The molecule has 3 heterocycles. The number of ether oxygens (including phenoxy) is 1. The standard InChI is InChI=1S/C18H21N3O2S/c1-13-9-19-21(10-13)14-5-4-8-20(11-14)18(22)16-12-24-17-7-3-2-6-15(17)23-16/h2-3,6-7,9-10,14,16H,4-5,8,11-12H2,1H3/t14-,16-/m1/s1. The van der Waals surface area contributed by atoms with Gasteiger partial charge in [-0.05, 0) is 37.5 Å². The number of amides is 1. The highest BCUT2D eigenvalue weighted by molar-refractivity contribution is 7.99. The molecule has 0 saturated carbocycles. The quantitative estimate of drug-likeness (QED) is 0.841. The minimum atomic E-state index is -0.386. The number of thioether (sulfide) groups is 1. The van der Waals surface area contributed by atoms with E-state index in [-0.39, 0.29) is 18.1 Å². The minimum Gasteiger partial charge on any atom is -0.479 e. The number of piperidine rings is 1. The fourth-order valence-corrected chi connectivity index (χ4v) is 4.32. The summed E-state index contributed by atoms with van der Waals surface area (Å²) in [5.74, 6) is 1.60. The van der Waals surface area contributed by atoms with Crippen LogP contribution in [-0.4, -0.2) is 45.5 Å². The Hall–Kier alpha value is -1.95.